The van der Waals surface area contributed by atoms with Gasteiger partial charge in [0, 0.05) is 15.7 Å². The van der Waals surface area contributed by atoms with Gasteiger partial charge in [-0.3, -0.25) is 4.79 Å². The normalized spacial score (nSPS) is 9.93. The molecule has 0 spiro atoms. The van der Waals surface area contributed by atoms with Gasteiger partial charge in [0.25, 0.3) is 0 Å². The van der Waals surface area contributed by atoms with Gasteiger partial charge in [0.15, 0.2) is 0 Å². The van der Waals surface area contributed by atoms with E-state index >= 15 is 0 Å². The molecular formula is C9H9Cl2NO2. The van der Waals surface area contributed by atoms with Crippen LogP contribution in [0, 0.1) is 0 Å². The standard InChI is InChI=1S/C9H9Cl2NO2/c10-6-3-7(11)5-8(4-6)12-9(14)1-2-13/h3-5,13H,1-2H2,(H,12,14). The highest BCUT2D eigenvalue weighted by Crippen LogP contribution is 2.22. The second-order valence-electron chi connectivity index (χ2n) is 2.68. The summed E-state index contributed by atoms with van der Waals surface area (Å²) in [6.45, 7) is -0.180. The number of carbonyl (C=O) groups is 1. The quantitative estimate of drug-likeness (QED) is 0.842. The third kappa shape index (κ3) is 3.54. The first kappa shape index (κ1) is 11.3. The van der Waals surface area contributed by atoms with Gasteiger partial charge in [0.2, 0.25) is 5.91 Å². The molecule has 2 N–H and O–H groups in total. The second-order valence-corrected chi connectivity index (χ2v) is 3.55. The Morgan fingerprint density at radius 2 is 1.86 bits per heavy atom. The highest BCUT2D eigenvalue weighted by Gasteiger charge is 2.02. The molecule has 0 aliphatic rings. The monoisotopic (exact) mass is 233 g/mol. The van der Waals surface area contributed by atoms with Gasteiger partial charge in [-0.15, -0.1) is 0 Å². The molecule has 1 amide bonds. The Kier molecular flexibility index (Phi) is 4.20. The van der Waals surface area contributed by atoms with Crippen LogP contribution in [0.15, 0.2) is 18.2 Å². The maximum atomic E-state index is 11.1. The molecule has 0 heterocycles. The van der Waals surface area contributed by atoms with E-state index in [4.69, 9.17) is 28.3 Å². The lowest BCUT2D eigenvalue weighted by Gasteiger charge is -2.04. The van der Waals surface area contributed by atoms with Crippen LogP contribution in [0.1, 0.15) is 6.42 Å². The van der Waals surface area contributed by atoms with Gasteiger partial charge in [-0.25, -0.2) is 0 Å². The van der Waals surface area contributed by atoms with Crippen LogP contribution in [0.4, 0.5) is 5.69 Å². The van der Waals surface area contributed by atoms with Crippen molar-refractivity contribution in [3.63, 3.8) is 0 Å². The minimum Gasteiger partial charge on any atom is -0.396 e. The summed E-state index contributed by atoms with van der Waals surface area (Å²) in [6.07, 6.45) is 0.0597. The zero-order chi connectivity index (χ0) is 10.6. The molecule has 0 bridgehead atoms. The minimum atomic E-state index is -0.272. The summed E-state index contributed by atoms with van der Waals surface area (Å²) in [5.74, 6) is -0.272. The van der Waals surface area contributed by atoms with Crippen molar-refractivity contribution in [2.45, 2.75) is 6.42 Å². The molecule has 0 aliphatic heterocycles. The largest absolute Gasteiger partial charge is 0.396 e. The minimum absolute atomic E-state index is 0.0597. The van der Waals surface area contributed by atoms with Crippen LogP contribution in [0.3, 0.4) is 0 Å². The highest BCUT2D eigenvalue weighted by atomic mass is 35.5. The fourth-order valence-corrected chi connectivity index (χ4v) is 1.48. The average Bonchev–Trinajstić information content (AvgIpc) is 2.01. The van der Waals surface area contributed by atoms with Gasteiger partial charge in [0.1, 0.15) is 0 Å². The fourth-order valence-electron chi connectivity index (χ4n) is 0.951. The molecule has 3 nitrogen and oxygen atoms in total. The van der Waals surface area contributed by atoms with E-state index in [-0.39, 0.29) is 18.9 Å². The van der Waals surface area contributed by atoms with Crippen molar-refractivity contribution in [3.8, 4) is 0 Å². The number of halogens is 2. The maximum absolute atomic E-state index is 11.1. The first-order chi connectivity index (χ1) is 6.61. The number of benzene rings is 1. The van der Waals surface area contributed by atoms with Crippen LogP contribution >= 0.6 is 23.2 Å². The van der Waals surface area contributed by atoms with E-state index in [2.05, 4.69) is 5.32 Å². The van der Waals surface area contributed by atoms with Crippen molar-refractivity contribution in [1.29, 1.82) is 0 Å². The predicted molar refractivity (Wildman–Crippen MR) is 56.8 cm³/mol. The van der Waals surface area contributed by atoms with E-state index in [9.17, 15) is 4.79 Å². The number of aliphatic hydroxyl groups is 1. The predicted octanol–water partition coefficient (Wildman–Crippen LogP) is 2.31. The lowest BCUT2D eigenvalue weighted by atomic mass is 10.3. The molecule has 1 aromatic carbocycles. The molecule has 0 fully saturated rings. The lowest BCUT2D eigenvalue weighted by molar-refractivity contribution is -0.116. The van der Waals surface area contributed by atoms with Gasteiger partial charge < -0.3 is 10.4 Å². The zero-order valence-corrected chi connectivity index (χ0v) is 8.77. The maximum Gasteiger partial charge on any atom is 0.226 e. The summed E-state index contributed by atoms with van der Waals surface area (Å²) < 4.78 is 0. The molecule has 1 aromatic rings. The molecule has 14 heavy (non-hydrogen) atoms. The lowest BCUT2D eigenvalue weighted by Crippen LogP contribution is -2.12. The van der Waals surface area contributed by atoms with E-state index in [0.29, 0.717) is 15.7 Å². The van der Waals surface area contributed by atoms with E-state index in [1.54, 1.807) is 18.2 Å². The first-order valence-electron chi connectivity index (χ1n) is 3.98. The van der Waals surface area contributed by atoms with Crippen molar-refractivity contribution >= 4 is 34.8 Å². The highest BCUT2D eigenvalue weighted by molar-refractivity contribution is 6.35. The van der Waals surface area contributed by atoms with Crippen molar-refractivity contribution in [1.82, 2.24) is 0 Å². The number of aliphatic hydroxyl groups excluding tert-OH is 1. The number of hydrogen-bond acceptors (Lipinski definition) is 2. The van der Waals surface area contributed by atoms with Crippen molar-refractivity contribution in [2.24, 2.45) is 0 Å². The molecular weight excluding hydrogens is 225 g/mol. The van der Waals surface area contributed by atoms with E-state index < -0.39 is 0 Å². The number of hydrogen-bond donors (Lipinski definition) is 2. The van der Waals surface area contributed by atoms with Crippen LogP contribution in [-0.2, 0) is 4.79 Å². The Bertz CT molecular complexity index is 321. The van der Waals surface area contributed by atoms with Crippen molar-refractivity contribution < 1.29 is 9.90 Å². The van der Waals surface area contributed by atoms with Gasteiger partial charge in [-0.05, 0) is 18.2 Å². The van der Waals surface area contributed by atoms with E-state index in [1.165, 1.54) is 0 Å². The molecule has 0 aliphatic carbocycles. The number of nitrogens with one attached hydrogen (secondary N) is 1. The number of amides is 1. The average molecular weight is 234 g/mol. The summed E-state index contributed by atoms with van der Waals surface area (Å²) in [6, 6.07) is 4.75. The summed E-state index contributed by atoms with van der Waals surface area (Å²) in [5, 5.41) is 12.0. The first-order valence-corrected chi connectivity index (χ1v) is 4.74. The Labute approximate surface area is 91.6 Å². The van der Waals surface area contributed by atoms with Crippen LogP contribution in [0.2, 0.25) is 10.0 Å². The summed E-state index contributed by atoms with van der Waals surface area (Å²) in [5.41, 5.74) is 0.529. The Balaban J connectivity index is 2.71. The number of anilines is 1. The fraction of sp³-hybridized carbons (Fsp3) is 0.222. The zero-order valence-electron chi connectivity index (χ0n) is 7.26. The molecule has 0 saturated heterocycles. The SMILES string of the molecule is O=C(CCO)Nc1cc(Cl)cc(Cl)c1. The van der Waals surface area contributed by atoms with Gasteiger partial charge >= 0.3 is 0 Å². The molecule has 0 saturated carbocycles. The summed E-state index contributed by atoms with van der Waals surface area (Å²) >= 11 is 11.5. The number of carbonyl (C=O) groups excluding carboxylic acids is 1. The third-order valence-corrected chi connectivity index (χ3v) is 1.92. The summed E-state index contributed by atoms with van der Waals surface area (Å²) in [7, 11) is 0. The Morgan fingerprint density at radius 3 is 2.36 bits per heavy atom. The van der Waals surface area contributed by atoms with E-state index in [0.717, 1.165) is 0 Å². The smallest absolute Gasteiger partial charge is 0.226 e. The van der Waals surface area contributed by atoms with Crippen LogP contribution in [-0.4, -0.2) is 17.6 Å². The van der Waals surface area contributed by atoms with Gasteiger partial charge in [-0.2, -0.15) is 0 Å². The molecule has 0 aromatic heterocycles. The molecule has 0 atom stereocenters. The third-order valence-electron chi connectivity index (χ3n) is 1.49. The molecule has 76 valence electrons. The molecule has 1 rings (SSSR count). The topological polar surface area (TPSA) is 49.3 Å². The molecule has 5 heteroatoms. The van der Waals surface area contributed by atoms with Crippen molar-refractivity contribution in [2.75, 3.05) is 11.9 Å². The van der Waals surface area contributed by atoms with Crippen molar-refractivity contribution in [3.05, 3.63) is 28.2 Å². The molecule has 0 radical (unpaired) electrons. The summed E-state index contributed by atoms with van der Waals surface area (Å²) in [4.78, 5) is 11.1. The van der Waals surface area contributed by atoms with Gasteiger partial charge in [-0.1, -0.05) is 23.2 Å². The Hall–Kier alpha value is -0.770. The number of rotatable bonds is 3. The second kappa shape index (κ2) is 5.20. The van der Waals surface area contributed by atoms with E-state index in [1.807, 2.05) is 0 Å². The van der Waals surface area contributed by atoms with Crippen LogP contribution < -0.4 is 5.32 Å². The van der Waals surface area contributed by atoms with Gasteiger partial charge in [0.05, 0.1) is 13.0 Å². The molecule has 0 unspecified atom stereocenters. The Morgan fingerprint density at radius 1 is 1.29 bits per heavy atom. The van der Waals surface area contributed by atoms with Crippen LogP contribution in [0.25, 0.3) is 0 Å². The van der Waals surface area contributed by atoms with Crippen LogP contribution in [0.5, 0.6) is 0 Å².